The number of hydrogen-bond acceptors (Lipinski definition) is 4. The predicted molar refractivity (Wildman–Crippen MR) is 88.6 cm³/mol. The predicted octanol–water partition coefficient (Wildman–Crippen LogP) is 3.21. The first-order valence-corrected chi connectivity index (χ1v) is 7.93. The number of fused-ring (bicyclic) bond motifs is 2. The van der Waals surface area contributed by atoms with Crippen LogP contribution in [0.4, 0.5) is 11.4 Å². The summed E-state index contributed by atoms with van der Waals surface area (Å²) in [4.78, 5) is 6.73. The van der Waals surface area contributed by atoms with E-state index in [0.29, 0.717) is 13.1 Å². The maximum absolute atomic E-state index is 10.3. The number of likely N-dealkylation sites (N-methyl/N-ethyl adjacent to an activating group) is 1. The molecule has 0 aliphatic carbocycles. The molecular weight excluding hydrogens is 280 g/mol. The Kier molecular flexibility index (Phi) is 4.19. The zero-order valence-electron chi connectivity index (χ0n) is 12.4. The minimum Gasteiger partial charge on any atom is -0.390 e. The number of para-hydroxylation sites is 2. The molecule has 1 unspecified atom stereocenters. The van der Waals surface area contributed by atoms with Gasteiger partial charge in [-0.15, -0.1) is 0 Å². The van der Waals surface area contributed by atoms with E-state index in [9.17, 15) is 5.11 Å². The van der Waals surface area contributed by atoms with Crippen molar-refractivity contribution in [1.29, 1.82) is 0 Å². The average molecular weight is 300 g/mol. The fourth-order valence-corrected chi connectivity index (χ4v) is 3.76. The third-order valence-corrected chi connectivity index (χ3v) is 4.63. The molecule has 1 aliphatic rings. The Morgan fingerprint density at radius 1 is 1.00 bits per heavy atom. The number of hydrogen-bond donors (Lipinski definition) is 1. The summed E-state index contributed by atoms with van der Waals surface area (Å²) in [5, 5.41) is 10.3. The molecule has 2 aromatic rings. The molecule has 1 aliphatic heterocycles. The number of aliphatic hydroxyl groups excluding tert-OH is 1. The van der Waals surface area contributed by atoms with Gasteiger partial charge in [0.15, 0.2) is 0 Å². The van der Waals surface area contributed by atoms with Crippen molar-refractivity contribution in [3.05, 3.63) is 48.5 Å². The van der Waals surface area contributed by atoms with Gasteiger partial charge >= 0.3 is 0 Å². The van der Waals surface area contributed by atoms with Gasteiger partial charge in [0.2, 0.25) is 0 Å². The third-order valence-electron chi connectivity index (χ3n) is 3.50. The lowest BCUT2D eigenvalue weighted by Gasteiger charge is -2.34. The van der Waals surface area contributed by atoms with Crippen LogP contribution in [-0.4, -0.2) is 43.3 Å². The molecule has 21 heavy (non-hydrogen) atoms. The van der Waals surface area contributed by atoms with Gasteiger partial charge in [-0.3, -0.25) is 0 Å². The van der Waals surface area contributed by atoms with Gasteiger partial charge in [-0.1, -0.05) is 36.0 Å². The van der Waals surface area contributed by atoms with E-state index >= 15 is 0 Å². The van der Waals surface area contributed by atoms with Crippen molar-refractivity contribution in [2.45, 2.75) is 15.9 Å². The molecule has 1 atom stereocenters. The number of anilines is 2. The molecule has 1 heterocycles. The molecule has 0 amide bonds. The number of benzene rings is 2. The van der Waals surface area contributed by atoms with Gasteiger partial charge < -0.3 is 14.9 Å². The van der Waals surface area contributed by atoms with Crippen LogP contribution in [0.15, 0.2) is 58.3 Å². The fourth-order valence-electron chi connectivity index (χ4n) is 2.67. The van der Waals surface area contributed by atoms with Crippen LogP contribution < -0.4 is 4.90 Å². The quantitative estimate of drug-likeness (QED) is 0.938. The van der Waals surface area contributed by atoms with E-state index in [4.69, 9.17) is 0 Å². The molecule has 0 spiro atoms. The molecule has 0 saturated carbocycles. The summed E-state index contributed by atoms with van der Waals surface area (Å²) in [6.07, 6.45) is -0.385. The number of nitrogens with zero attached hydrogens (tertiary/aromatic N) is 2. The topological polar surface area (TPSA) is 26.7 Å². The van der Waals surface area contributed by atoms with Gasteiger partial charge in [-0.25, -0.2) is 0 Å². The van der Waals surface area contributed by atoms with Crippen molar-refractivity contribution in [2.24, 2.45) is 0 Å². The summed E-state index contributed by atoms with van der Waals surface area (Å²) in [5.41, 5.74) is 2.36. The Labute approximate surface area is 130 Å². The number of aliphatic hydroxyl groups is 1. The van der Waals surface area contributed by atoms with Gasteiger partial charge in [-0.05, 0) is 38.4 Å². The monoisotopic (exact) mass is 300 g/mol. The van der Waals surface area contributed by atoms with Crippen molar-refractivity contribution < 1.29 is 5.11 Å². The van der Waals surface area contributed by atoms with Crippen molar-refractivity contribution in [3.8, 4) is 0 Å². The largest absolute Gasteiger partial charge is 0.390 e. The van der Waals surface area contributed by atoms with Crippen molar-refractivity contribution in [1.82, 2.24) is 4.90 Å². The van der Waals surface area contributed by atoms with Gasteiger partial charge in [0.05, 0.1) is 24.0 Å². The minimum absolute atomic E-state index is 0.385. The molecule has 0 radical (unpaired) electrons. The van der Waals surface area contributed by atoms with E-state index in [0.717, 1.165) is 0 Å². The van der Waals surface area contributed by atoms with Gasteiger partial charge in [0.25, 0.3) is 0 Å². The van der Waals surface area contributed by atoms with Crippen LogP contribution in [-0.2, 0) is 0 Å². The van der Waals surface area contributed by atoms with E-state index in [-0.39, 0.29) is 6.10 Å². The van der Waals surface area contributed by atoms with Crippen LogP contribution in [0.2, 0.25) is 0 Å². The van der Waals surface area contributed by atoms with Crippen LogP contribution >= 0.6 is 11.8 Å². The second-order valence-corrected chi connectivity index (χ2v) is 6.65. The molecule has 1 N–H and O–H groups in total. The Morgan fingerprint density at radius 3 is 2.05 bits per heavy atom. The second-order valence-electron chi connectivity index (χ2n) is 5.56. The first kappa shape index (κ1) is 14.4. The summed E-state index contributed by atoms with van der Waals surface area (Å²) >= 11 is 1.79. The van der Waals surface area contributed by atoms with Gasteiger partial charge in [-0.2, -0.15) is 0 Å². The van der Waals surface area contributed by atoms with Crippen LogP contribution in [0.25, 0.3) is 0 Å². The Bertz CT molecular complexity index is 584. The zero-order chi connectivity index (χ0) is 14.8. The smallest absolute Gasteiger partial charge is 0.0845 e. The maximum Gasteiger partial charge on any atom is 0.0845 e. The summed E-state index contributed by atoms with van der Waals surface area (Å²) in [6.45, 7) is 1.26. The first-order valence-electron chi connectivity index (χ1n) is 7.11. The molecule has 0 aromatic heterocycles. The number of rotatable bonds is 4. The van der Waals surface area contributed by atoms with Crippen LogP contribution in [0.3, 0.4) is 0 Å². The SMILES string of the molecule is CN(C)CC(O)CN1c2ccccc2Sc2ccccc21. The van der Waals surface area contributed by atoms with Crippen molar-refractivity contribution in [2.75, 3.05) is 32.1 Å². The minimum atomic E-state index is -0.385. The molecule has 110 valence electrons. The highest BCUT2D eigenvalue weighted by Crippen LogP contribution is 2.47. The second kappa shape index (κ2) is 6.10. The van der Waals surface area contributed by atoms with E-state index in [2.05, 4.69) is 53.4 Å². The van der Waals surface area contributed by atoms with Gasteiger partial charge in [0, 0.05) is 16.3 Å². The summed E-state index contributed by atoms with van der Waals surface area (Å²) in [5.74, 6) is 0. The highest BCUT2D eigenvalue weighted by Gasteiger charge is 2.24. The summed E-state index contributed by atoms with van der Waals surface area (Å²) < 4.78 is 0. The van der Waals surface area contributed by atoms with Crippen LogP contribution in [0, 0.1) is 0 Å². The van der Waals surface area contributed by atoms with E-state index in [1.165, 1.54) is 21.2 Å². The molecule has 4 heteroatoms. The molecule has 0 saturated heterocycles. The van der Waals surface area contributed by atoms with E-state index < -0.39 is 0 Å². The standard InChI is InChI=1S/C17H20N2OS/c1-18(2)11-13(20)12-19-14-7-3-5-9-16(14)21-17-10-6-4-8-15(17)19/h3-10,13,20H,11-12H2,1-2H3. The van der Waals surface area contributed by atoms with Crippen LogP contribution in [0.5, 0.6) is 0 Å². The van der Waals surface area contributed by atoms with E-state index in [1.54, 1.807) is 11.8 Å². The Hall–Kier alpha value is -1.49. The third kappa shape index (κ3) is 3.07. The molecule has 0 bridgehead atoms. The maximum atomic E-state index is 10.3. The van der Waals surface area contributed by atoms with E-state index in [1.807, 2.05) is 19.0 Å². The molecular formula is C17H20N2OS. The summed E-state index contributed by atoms with van der Waals surface area (Å²) in [6, 6.07) is 16.8. The summed E-state index contributed by atoms with van der Waals surface area (Å²) in [7, 11) is 3.97. The van der Waals surface area contributed by atoms with Crippen molar-refractivity contribution in [3.63, 3.8) is 0 Å². The highest BCUT2D eigenvalue weighted by molar-refractivity contribution is 7.99. The van der Waals surface area contributed by atoms with Gasteiger partial charge in [0.1, 0.15) is 0 Å². The molecule has 3 nitrogen and oxygen atoms in total. The van der Waals surface area contributed by atoms with Crippen molar-refractivity contribution >= 4 is 23.1 Å². The first-order chi connectivity index (χ1) is 10.1. The highest BCUT2D eigenvalue weighted by atomic mass is 32.2. The normalized spacial score (nSPS) is 14.8. The lowest BCUT2D eigenvalue weighted by molar-refractivity contribution is 0.143. The average Bonchev–Trinajstić information content (AvgIpc) is 2.46. The van der Waals surface area contributed by atoms with Crippen LogP contribution in [0.1, 0.15) is 0 Å². The molecule has 3 rings (SSSR count). The lowest BCUT2D eigenvalue weighted by atomic mass is 10.2. The number of β-amino-alcohol motifs (C(OH)–C–C–N with tert-alkyl or cyclic N) is 1. The zero-order valence-corrected chi connectivity index (χ0v) is 13.2. The fraction of sp³-hybridized carbons (Fsp3) is 0.294. The molecule has 0 fully saturated rings. The Balaban J connectivity index is 1.95. The lowest BCUT2D eigenvalue weighted by Crippen LogP contribution is -2.36. The molecule has 2 aromatic carbocycles. The Morgan fingerprint density at radius 2 is 1.52 bits per heavy atom.